The van der Waals surface area contributed by atoms with E-state index in [0.29, 0.717) is 31.7 Å². The molecule has 2 heterocycles. The maximum atomic E-state index is 12.8. The lowest BCUT2D eigenvalue weighted by Gasteiger charge is -2.58. The van der Waals surface area contributed by atoms with Gasteiger partial charge in [-0.3, -0.25) is 4.79 Å². The minimum atomic E-state index is -4.45. The molecule has 0 radical (unpaired) electrons. The normalized spacial score (nSPS) is 35.7. The molecule has 1 aromatic heterocycles. The van der Waals surface area contributed by atoms with E-state index in [0.717, 1.165) is 31.5 Å². The van der Waals surface area contributed by atoms with E-state index in [1.165, 1.54) is 6.07 Å². The number of nitrogens with zero attached hydrogens (tertiary/aromatic N) is 2. The van der Waals surface area contributed by atoms with Gasteiger partial charge in [-0.15, -0.1) is 0 Å². The first-order valence-electron chi connectivity index (χ1n) is 11.1. The molecule has 4 bridgehead atoms. The Balaban J connectivity index is 1.16. The molecule has 3 atom stereocenters. The van der Waals surface area contributed by atoms with Gasteiger partial charge in [0.2, 0.25) is 11.8 Å². The van der Waals surface area contributed by atoms with Crippen molar-refractivity contribution in [1.29, 1.82) is 0 Å². The van der Waals surface area contributed by atoms with Crippen molar-refractivity contribution in [3.05, 3.63) is 23.9 Å². The van der Waals surface area contributed by atoms with Crippen molar-refractivity contribution < 1.29 is 32.2 Å². The van der Waals surface area contributed by atoms with Gasteiger partial charge in [0.05, 0.1) is 17.5 Å². The van der Waals surface area contributed by atoms with Crippen molar-refractivity contribution in [1.82, 2.24) is 9.88 Å². The number of aromatic nitrogens is 1. The molecule has 4 aliphatic carbocycles. The molecule has 5 fully saturated rings. The van der Waals surface area contributed by atoms with Gasteiger partial charge in [0.1, 0.15) is 12.2 Å². The van der Waals surface area contributed by atoms with Crippen molar-refractivity contribution in [3.63, 3.8) is 0 Å². The Bertz CT molecular complexity index is 891. The minimum Gasteiger partial charge on any atom is -0.472 e. The molecule has 2 N–H and O–H groups in total. The van der Waals surface area contributed by atoms with Crippen LogP contribution in [0.1, 0.15) is 44.1 Å². The van der Waals surface area contributed by atoms with Crippen molar-refractivity contribution >= 4 is 12.0 Å². The van der Waals surface area contributed by atoms with Gasteiger partial charge in [-0.2, -0.15) is 13.2 Å². The molecule has 32 heavy (non-hydrogen) atoms. The van der Waals surface area contributed by atoms with Gasteiger partial charge in [-0.1, -0.05) is 0 Å². The lowest BCUT2D eigenvalue weighted by Crippen LogP contribution is -2.59. The second-order valence-corrected chi connectivity index (χ2v) is 9.82. The SMILES string of the molecule is NC(=O)C12CC3CC(C1)C(OC(=O)N1CC[C@@H](Oc4ccc(C(F)(F)F)cn4)C1)C(C3)C2. The van der Waals surface area contributed by atoms with Crippen molar-refractivity contribution in [3.8, 4) is 5.88 Å². The standard InChI is InChI=1S/C22H26F3N3O4/c23-22(24,25)15-1-2-17(27-10-15)31-16-3-4-28(11-16)20(30)32-18-13-5-12-6-14(18)9-21(7-12,8-13)19(26)29/h1-2,10,12-14,16,18H,3-9,11H2,(H2,26,29)/t12?,13?,14?,16-,18?,21?/m1/s1. The van der Waals surface area contributed by atoms with Crippen LogP contribution in [-0.2, 0) is 15.7 Å². The molecule has 1 aliphatic heterocycles. The van der Waals surface area contributed by atoms with Gasteiger partial charge in [-0.05, 0) is 55.9 Å². The molecule has 7 nitrogen and oxygen atoms in total. The third-order valence-electron chi connectivity index (χ3n) is 7.70. The summed E-state index contributed by atoms with van der Waals surface area (Å²) in [6.07, 6.45) is 0.0617. The van der Waals surface area contributed by atoms with E-state index in [4.69, 9.17) is 15.2 Å². The van der Waals surface area contributed by atoms with E-state index in [9.17, 15) is 22.8 Å². The summed E-state index contributed by atoms with van der Waals surface area (Å²) >= 11 is 0. The number of amides is 2. The number of pyridine rings is 1. The smallest absolute Gasteiger partial charge is 0.417 e. The maximum Gasteiger partial charge on any atom is 0.417 e. The van der Waals surface area contributed by atoms with E-state index in [1.807, 2.05) is 0 Å². The van der Waals surface area contributed by atoms with Crippen molar-refractivity contribution in [2.24, 2.45) is 28.9 Å². The average Bonchev–Trinajstić information content (AvgIpc) is 3.18. The van der Waals surface area contributed by atoms with E-state index in [2.05, 4.69) is 4.98 Å². The Labute approximate surface area is 183 Å². The minimum absolute atomic E-state index is 0.0935. The first-order chi connectivity index (χ1) is 15.1. The summed E-state index contributed by atoms with van der Waals surface area (Å²) in [4.78, 5) is 30.2. The second kappa shape index (κ2) is 7.52. The molecule has 2 unspecified atom stereocenters. The van der Waals surface area contributed by atoms with E-state index < -0.39 is 23.2 Å². The van der Waals surface area contributed by atoms with Gasteiger partial charge in [0, 0.05) is 25.2 Å². The van der Waals surface area contributed by atoms with Crippen LogP contribution < -0.4 is 10.5 Å². The molecule has 1 aromatic rings. The number of primary amides is 1. The van der Waals surface area contributed by atoms with Crippen molar-refractivity contribution in [2.45, 2.75) is 56.9 Å². The number of ether oxygens (including phenoxy) is 2. The molecule has 174 valence electrons. The number of halogens is 3. The number of hydrogen-bond donors (Lipinski definition) is 1. The van der Waals surface area contributed by atoms with Gasteiger partial charge in [0.15, 0.2) is 0 Å². The summed E-state index contributed by atoms with van der Waals surface area (Å²) in [7, 11) is 0. The summed E-state index contributed by atoms with van der Waals surface area (Å²) in [5.41, 5.74) is 4.45. The van der Waals surface area contributed by atoms with Gasteiger partial charge < -0.3 is 20.1 Å². The summed E-state index contributed by atoms with van der Waals surface area (Å²) in [6.45, 7) is 0.734. The maximum absolute atomic E-state index is 12.8. The Kier molecular flexibility index (Phi) is 5.01. The van der Waals surface area contributed by atoms with Crippen molar-refractivity contribution in [2.75, 3.05) is 13.1 Å². The van der Waals surface area contributed by atoms with Crippen LogP contribution in [0, 0.1) is 23.2 Å². The van der Waals surface area contributed by atoms with Crippen LogP contribution in [0.25, 0.3) is 0 Å². The van der Waals surface area contributed by atoms with Crippen LogP contribution in [0.4, 0.5) is 18.0 Å². The number of alkyl halides is 3. The Morgan fingerprint density at radius 2 is 1.88 bits per heavy atom. The van der Waals surface area contributed by atoms with Crippen LogP contribution in [0.2, 0.25) is 0 Å². The number of carbonyl (C=O) groups is 2. The molecule has 5 aliphatic rings. The highest BCUT2D eigenvalue weighted by atomic mass is 19.4. The molecule has 1 saturated heterocycles. The fraction of sp³-hybridized carbons (Fsp3) is 0.682. The summed E-state index contributed by atoms with van der Waals surface area (Å²) in [6, 6.07) is 2.11. The Hall–Kier alpha value is -2.52. The molecule has 4 saturated carbocycles. The fourth-order valence-electron chi connectivity index (χ4n) is 6.44. The Morgan fingerprint density at radius 1 is 1.16 bits per heavy atom. The summed E-state index contributed by atoms with van der Waals surface area (Å²) in [5, 5.41) is 0. The van der Waals surface area contributed by atoms with Gasteiger partial charge >= 0.3 is 12.3 Å². The molecule has 6 rings (SSSR count). The first-order valence-corrected chi connectivity index (χ1v) is 11.1. The van der Waals surface area contributed by atoms with Crippen LogP contribution in [0.3, 0.4) is 0 Å². The fourth-order valence-corrected chi connectivity index (χ4v) is 6.44. The highest BCUT2D eigenvalue weighted by Crippen LogP contribution is 2.60. The van der Waals surface area contributed by atoms with Crippen LogP contribution in [-0.4, -0.2) is 47.2 Å². The second-order valence-electron chi connectivity index (χ2n) is 9.82. The van der Waals surface area contributed by atoms with Gasteiger partial charge in [-0.25, -0.2) is 9.78 Å². The average molecular weight is 453 g/mol. The van der Waals surface area contributed by atoms with E-state index in [1.54, 1.807) is 4.90 Å². The molecule has 2 amide bonds. The number of nitrogens with two attached hydrogens (primary N) is 1. The largest absolute Gasteiger partial charge is 0.472 e. The molecular formula is C22H26F3N3O4. The van der Waals surface area contributed by atoms with E-state index in [-0.39, 0.29) is 42.4 Å². The lowest BCUT2D eigenvalue weighted by atomic mass is 9.48. The highest BCUT2D eigenvalue weighted by Gasteiger charge is 2.59. The van der Waals surface area contributed by atoms with Crippen LogP contribution in [0.15, 0.2) is 18.3 Å². The quantitative estimate of drug-likeness (QED) is 0.754. The van der Waals surface area contributed by atoms with Crippen LogP contribution >= 0.6 is 0 Å². The first kappa shape index (κ1) is 21.3. The predicted octanol–water partition coefficient (Wildman–Crippen LogP) is 3.37. The summed E-state index contributed by atoms with van der Waals surface area (Å²) < 4.78 is 49.6. The number of carbonyl (C=O) groups excluding carboxylic acids is 2. The third-order valence-corrected chi connectivity index (χ3v) is 7.70. The highest BCUT2D eigenvalue weighted by molar-refractivity contribution is 5.81. The third kappa shape index (κ3) is 3.77. The lowest BCUT2D eigenvalue weighted by molar-refractivity contribution is -0.161. The zero-order chi connectivity index (χ0) is 22.7. The Morgan fingerprint density at radius 3 is 2.47 bits per heavy atom. The van der Waals surface area contributed by atoms with Gasteiger partial charge in [0.25, 0.3) is 0 Å². The monoisotopic (exact) mass is 453 g/mol. The molecule has 0 aromatic carbocycles. The molecule has 10 heteroatoms. The summed E-state index contributed by atoms with van der Waals surface area (Å²) in [5.74, 6) is 0.692. The number of likely N-dealkylation sites (tertiary alicyclic amines) is 1. The zero-order valence-corrected chi connectivity index (χ0v) is 17.5. The van der Waals surface area contributed by atoms with Crippen LogP contribution in [0.5, 0.6) is 5.88 Å². The zero-order valence-electron chi connectivity index (χ0n) is 17.5. The molecular weight excluding hydrogens is 427 g/mol. The molecule has 0 spiro atoms. The number of hydrogen-bond acceptors (Lipinski definition) is 5. The predicted molar refractivity (Wildman–Crippen MR) is 105 cm³/mol. The van der Waals surface area contributed by atoms with E-state index >= 15 is 0 Å². The number of rotatable bonds is 4. The topological polar surface area (TPSA) is 94.8 Å².